The van der Waals surface area contributed by atoms with Crippen molar-refractivity contribution in [3.05, 3.63) is 12.2 Å². The van der Waals surface area contributed by atoms with Gasteiger partial charge in [0.1, 0.15) is 12.4 Å². The van der Waals surface area contributed by atoms with Crippen molar-refractivity contribution in [3.63, 3.8) is 0 Å². The van der Waals surface area contributed by atoms with E-state index in [4.69, 9.17) is 0 Å². The molecule has 88 valence electrons. The molecule has 2 rings (SSSR count). The number of hydrogen-bond donors (Lipinski definition) is 1. The number of hydrogen-bond acceptors (Lipinski definition) is 5. The Balaban J connectivity index is 1.97. The van der Waals surface area contributed by atoms with E-state index in [0.29, 0.717) is 12.5 Å². The molecule has 0 radical (unpaired) electrons. The van der Waals surface area contributed by atoms with E-state index in [1.54, 1.807) is 18.1 Å². The molecule has 0 amide bonds. The molecule has 16 heavy (non-hydrogen) atoms. The highest BCUT2D eigenvalue weighted by Gasteiger charge is 2.28. The average Bonchev–Trinajstić information content (AvgIpc) is 3.05. The van der Waals surface area contributed by atoms with Crippen LogP contribution >= 0.6 is 0 Å². The van der Waals surface area contributed by atoms with Gasteiger partial charge in [-0.15, -0.1) is 0 Å². The number of ether oxygens (including phenoxy) is 1. The fraction of sp³-hybridized carbons (Fsp3) is 0.700. The van der Waals surface area contributed by atoms with Gasteiger partial charge in [-0.05, 0) is 19.9 Å². The quantitative estimate of drug-likeness (QED) is 0.708. The van der Waals surface area contributed by atoms with Crippen molar-refractivity contribution in [1.29, 1.82) is 0 Å². The van der Waals surface area contributed by atoms with Crippen LogP contribution in [0.4, 0.5) is 0 Å². The van der Waals surface area contributed by atoms with Crippen molar-refractivity contribution >= 4 is 5.97 Å². The molecule has 1 aromatic rings. The van der Waals surface area contributed by atoms with Crippen LogP contribution in [-0.2, 0) is 16.1 Å². The summed E-state index contributed by atoms with van der Waals surface area (Å²) in [6.45, 7) is 0.447. The largest absolute Gasteiger partial charge is 0.468 e. The number of nitrogens with one attached hydrogen (secondary N) is 1. The van der Waals surface area contributed by atoms with Crippen molar-refractivity contribution in [2.75, 3.05) is 14.2 Å². The summed E-state index contributed by atoms with van der Waals surface area (Å²) in [6, 6.07) is -0.376. The first-order valence-electron chi connectivity index (χ1n) is 5.39. The van der Waals surface area contributed by atoms with Gasteiger partial charge in [-0.1, -0.05) is 0 Å². The monoisotopic (exact) mass is 224 g/mol. The first-order valence-corrected chi connectivity index (χ1v) is 5.39. The number of nitrogens with zero attached hydrogens (tertiary/aromatic N) is 3. The summed E-state index contributed by atoms with van der Waals surface area (Å²) in [4.78, 5) is 15.6. The van der Waals surface area contributed by atoms with Gasteiger partial charge in [0.15, 0.2) is 5.82 Å². The molecule has 1 aliphatic rings. The van der Waals surface area contributed by atoms with E-state index < -0.39 is 0 Å². The van der Waals surface area contributed by atoms with Gasteiger partial charge in [-0.3, -0.25) is 9.48 Å². The van der Waals surface area contributed by atoms with Crippen molar-refractivity contribution in [3.8, 4) is 0 Å². The molecule has 1 N–H and O–H groups in total. The van der Waals surface area contributed by atoms with E-state index in [1.807, 2.05) is 0 Å². The SMILES string of the molecule is CNC(Cn1cnc(C2CC2)n1)C(=O)OC. The molecule has 0 saturated heterocycles. The summed E-state index contributed by atoms with van der Waals surface area (Å²) in [6.07, 6.45) is 4.02. The lowest BCUT2D eigenvalue weighted by atomic mass is 10.3. The Morgan fingerprint density at radius 1 is 1.75 bits per heavy atom. The summed E-state index contributed by atoms with van der Waals surface area (Å²) < 4.78 is 6.37. The Hall–Kier alpha value is -1.43. The van der Waals surface area contributed by atoms with Gasteiger partial charge in [-0.25, -0.2) is 4.98 Å². The number of carbonyl (C=O) groups excluding carboxylic acids is 1. The maximum absolute atomic E-state index is 11.4. The summed E-state index contributed by atoms with van der Waals surface area (Å²) in [5.74, 6) is 1.14. The highest BCUT2D eigenvalue weighted by Crippen LogP contribution is 2.37. The lowest BCUT2D eigenvalue weighted by molar-refractivity contribution is -0.143. The maximum atomic E-state index is 11.4. The molecule has 0 bridgehead atoms. The highest BCUT2D eigenvalue weighted by molar-refractivity contribution is 5.75. The van der Waals surface area contributed by atoms with Crippen LogP contribution in [-0.4, -0.2) is 40.9 Å². The molecule has 1 atom stereocenters. The van der Waals surface area contributed by atoms with Crippen LogP contribution in [0.1, 0.15) is 24.6 Å². The highest BCUT2D eigenvalue weighted by atomic mass is 16.5. The first kappa shape index (κ1) is 11.1. The number of likely N-dealkylation sites (N-methyl/N-ethyl adjacent to an activating group) is 1. The second kappa shape index (κ2) is 4.61. The second-order valence-electron chi connectivity index (χ2n) is 3.96. The van der Waals surface area contributed by atoms with E-state index in [2.05, 4.69) is 20.1 Å². The molecule has 0 spiro atoms. The maximum Gasteiger partial charge on any atom is 0.324 e. The molecular weight excluding hydrogens is 208 g/mol. The number of carbonyl (C=O) groups is 1. The van der Waals surface area contributed by atoms with Crippen molar-refractivity contribution < 1.29 is 9.53 Å². The molecule has 0 aliphatic heterocycles. The smallest absolute Gasteiger partial charge is 0.324 e. The molecule has 6 heteroatoms. The summed E-state index contributed by atoms with van der Waals surface area (Å²) in [7, 11) is 3.10. The van der Waals surface area contributed by atoms with Crippen LogP contribution in [0.2, 0.25) is 0 Å². The van der Waals surface area contributed by atoms with E-state index >= 15 is 0 Å². The van der Waals surface area contributed by atoms with E-state index in [1.165, 1.54) is 20.0 Å². The Bertz CT molecular complexity index is 373. The molecule has 1 unspecified atom stereocenters. The Labute approximate surface area is 94.0 Å². The van der Waals surface area contributed by atoms with Crippen LogP contribution in [0.25, 0.3) is 0 Å². The van der Waals surface area contributed by atoms with Crippen LogP contribution in [0.5, 0.6) is 0 Å². The molecule has 1 heterocycles. The third-order valence-corrected chi connectivity index (χ3v) is 2.70. The minimum atomic E-state index is -0.376. The molecular formula is C10H16N4O2. The number of rotatable bonds is 5. The van der Waals surface area contributed by atoms with Crippen LogP contribution in [0.15, 0.2) is 6.33 Å². The zero-order valence-electron chi connectivity index (χ0n) is 9.51. The van der Waals surface area contributed by atoms with Crippen molar-refractivity contribution in [1.82, 2.24) is 20.1 Å². The third-order valence-electron chi connectivity index (χ3n) is 2.70. The number of esters is 1. The second-order valence-corrected chi connectivity index (χ2v) is 3.96. The molecule has 1 aliphatic carbocycles. The lowest BCUT2D eigenvalue weighted by Gasteiger charge is -2.12. The molecule has 1 fully saturated rings. The fourth-order valence-corrected chi connectivity index (χ4v) is 1.54. The van der Waals surface area contributed by atoms with E-state index in [9.17, 15) is 4.79 Å². The van der Waals surface area contributed by atoms with Crippen LogP contribution in [0, 0.1) is 0 Å². The first-order chi connectivity index (χ1) is 7.74. The average molecular weight is 224 g/mol. The zero-order valence-corrected chi connectivity index (χ0v) is 9.51. The van der Waals surface area contributed by atoms with Crippen molar-refractivity contribution in [2.45, 2.75) is 31.3 Å². The molecule has 1 aromatic heterocycles. The van der Waals surface area contributed by atoms with E-state index in [0.717, 1.165) is 5.82 Å². The van der Waals surface area contributed by atoms with Crippen LogP contribution < -0.4 is 5.32 Å². The summed E-state index contributed by atoms with van der Waals surface area (Å²) in [5.41, 5.74) is 0. The van der Waals surface area contributed by atoms with E-state index in [-0.39, 0.29) is 12.0 Å². The van der Waals surface area contributed by atoms with Crippen LogP contribution in [0.3, 0.4) is 0 Å². The van der Waals surface area contributed by atoms with Gasteiger partial charge >= 0.3 is 5.97 Å². The van der Waals surface area contributed by atoms with Gasteiger partial charge in [0, 0.05) is 5.92 Å². The molecule has 1 saturated carbocycles. The molecule has 6 nitrogen and oxygen atoms in total. The lowest BCUT2D eigenvalue weighted by Crippen LogP contribution is -2.38. The molecule has 0 aromatic carbocycles. The number of aromatic nitrogens is 3. The van der Waals surface area contributed by atoms with Crippen molar-refractivity contribution in [2.24, 2.45) is 0 Å². The topological polar surface area (TPSA) is 69.0 Å². The normalized spacial score (nSPS) is 17.1. The van der Waals surface area contributed by atoms with Gasteiger partial charge in [0.25, 0.3) is 0 Å². The Kier molecular flexibility index (Phi) is 3.19. The minimum Gasteiger partial charge on any atom is -0.468 e. The minimum absolute atomic E-state index is 0.286. The predicted octanol–water partition coefficient (Wildman–Crippen LogP) is -0.0835. The predicted molar refractivity (Wildman–Crippen MR) is 56.9 cm³/mol. The number of methoxy groups -OCH3 is 1. The van der Waals surface area contributed by atoms with Gasteiger partial charge in [0.2, 0.25) is 0 Å². The standard InChI is InChI=1S/C10H16N4O2/c1-11-8(10(15)16-2)5-14-6-12-9(13-14)7-3-4-7/h6-8,11H,3-5H2,1-2H3. The zero-order chi connectivity index (χ0) is 11.5. The Morgan fingerprint density at radius 2 is 2.50 bits per heavy atom. The summed E-state index contributed by atoms with van der Waals surface area (Å²) in [5, 5.41) is 7.23. The third kappa shape index (κ3) is 2.38. The van der Waals surface area contributed by atoms with Gasteiger partial charge in [0.05, 0.1) is 13.7 Å². The fourth-order valence-electron chi connectivity index (χ4n) is 1.54. The Morgan fingerprint density at radius 3 is 3.06 bits per heavy atom. The van der Waals surface area contributed by atoms with Gasteiger partial charge in [-0.2, -0.15) is 5.10 Å². The van der Waals surface area contributed by atoms with Gasteiger partial charge < -0.3 is 10.1 Å². The summed E-state index contributed by atoms with van der Waals surface area (Å²) >= 11 is 0.